The van der Waals surface area contributed by atoms with Crippen molar-refractivity contribution in [3.05, 3.63) is 54.1 Å². The minimum absolute atomic E-state index is 0.0129. The molecule has 0 radical (unpaired) electrons. The number of fused-ring (bicyclic) bond motifs is 1. The lowest BCUT2D eigenvalue weighted by Gasteiger charge is -2.31. The molecular formula is C27H39N5O6. The second kappa shape index (κ2) is 14.7. The van der Waals surface area contributed by atoms with Crippen LogP contribution < -0.4 is 31.6 Å². The number of carboxylic acids is 2. The van der Waals surface area contributed by atoms with E-state index < -0.39 is 23.6 Å². The molecule has 1 heterocycles. The van der Waals surface area contributed by atoms with E-state index in [2.05, 4.69) is 16.0 Å². The molecule has 11 heteroatoms. The Hall–Kier alpha value is -3.99. The summed E-state index contributed by atoms with van der Waals surface area (Å²) in [5.41, 5.74) is 16.4. The number of guanidine groups is 1. The van der Waals surface area contributed by atoms with Crippen molar-refractivity contribution in [3.8, 4) is 11.5 Å². The molecule has 2 aromatic rings. The van der Waals surface area contributed by atoms with Crippen LogP contribution in [0.4, 0.5) is 5.69 Å². The van der Waals surface area contributed by atoms with Crippen LogP contribution in [0.1, 0.15) is 38.7 Å². The van der Waals surface area contributed by atoms with Crippen molar-refractivity contribution in [3.63, 3.8) is 0 Å². The Morgan fingerprint density at radius 1 is 1.13 bits per heavy atom. The number of anilines is 1. The van der Waals surface area contributed by atoms with E-state index in [0.29, 0.717) is 31.7 Å². The van der Waals surface area contributed by atoms with Crippen LogP contribution in [0, 0.1) is 0 Å². The van der Waals surface area contributed by atoms with Gasteiger partial charge >= 0.3 is 11.9 Å². The average Bonchev–Trinajstić information content (AvgIpc) is 2.87. The number of benzene rings is 2. The first-order chi connectivity index (χ1) is 18.0. The van der Waals surface area contributed by atoms with Crippen molar-refractivity contribution in [2.24, 2.45) is 22.2 Å². The molecule has 0 spiro atoms. The second-order valence-electron chi connectivity index (χ2n) is 9.37. The maximum absolute atomic E-state index is 11.2. The van der Waals surface area contributed by atoms with Crippen LogP contribution in [0.5, 0.6) is 11.5 Å². The van der Waals surface area contributed by atoms with E-state index in [0.717, 1.165) is 42.9 Å². The first-order valence-corrected chi connectivity index (χ1v) is 12.5. The number of ether oxygens (including phenoxy) is 2. The summed E-state index contributed by atoms with van der Waals surface area (Å²) in [6, 6.07) is 15.0. The van der Waals surface area contributed by atoms with Gasteiger partial charge in [-0.2, -0.15) is 0 Å². The van der Waals surface area contributed by atoms with E-state index in [1.165, 1.54) is 0 Å². The van der Waals surface area contributed by atoms with Crippen LogP contribution in [-0.4, -0.2) is 66.0 Å². The van der Waals surface area contributed by atoms with Crippen LogP contribution in [0.3, 0.4) is 0 Å². The molecule has 0 amide bonds. The highest BCUT2D eigenvalue weighted by atomic mass is 16.5. The number of carboxylic acid groups (broad SMARTS) is 2. The van der Waals surface area contributed by atoms with Crippen molar-refractivity contribution in [2.45, 2.75) is 51.2 Å². The third kappa shape index (κ3) is 10.2. The Labute approximate surface area is 223 Å². The van der Waals surface area contributed by atoms with Gasteiger partial charge < -0.3 is 41.8 Å². The number of hydrogen-bond acceptors (Lipinski definition) is 7. The van der Waals surface area contributed by atoms with Gasteiger partial charge in [0.05, 0.1) is 12.2 Å². The van der Waals surface area contributed by atoms with Crippen LogP contribution in [-0.2, 0) is 16.0 Å². The monoisotopic (exact) mass is 529 g/mol. The van der Waals surface area contributed by atoms with E-state index in [1.807, 2.05) is 36.4 Å². The number of para-hydroxylation sites is 2. The van der Waals surface area contributed by atoms with E-state index in [4.69, 9.17) is 31.8 Å². The van der Waals surface area contributed by atoms with Gasteiger partial charge in [-0.3, -0.25) is 9.79 Å². The van der Waals surface area contributed by atoms with E-state index in [-0.39, 0.29) is 5.96 Å². The zero-order chi connectivity index (χ0) is 28.1. The third-order valence-corrected chi connectivity index (χ3v) is 5.79. The largest absolute Gasteiger partial charge is 0.490 e. The number of nitrogens with zero attached hydrogens (tertiary/aromatic N) is 2. The molecule has 0 fully saturated rings. The quantitative estimate of drug-likeness (QED) is 0.155. The molecule has 3 rings (SSSR count). The molecule has 0 aromatic heterocycles. The van der Waals surface area contributed by atoms with Gasteiger partial charge in [0, 0.05) is 13.1 Å². The smallest absolute Gasteiger partial charge is 0.347 e. The maximum Gasteiger partial charge on any atom is 0.347 e. The molecule has 2 aromatic carbocycles. The Morgan fingerprint density at radius 3 is 2.55 bits per heavy atom. The number of hydrogen-bond donors (Lipinski definition) is 5. The van der Waals surface area contributed by atoms with Gasteiger partial charge in [0.15, 0.2) is 11.6 Å². The number of carbonyl (C=O) groups is 2. The second-order valence-corrected chi connectivity index (χ2v) is 9.37. The summed E-state index contributed by atoms with van der Waals surface area (Å²) in [7, 11) is 0. The minimum Gasteiger partial charge on any atom is -0.490 e. The lowest BCUT2D eigenvalue weighted by Crippen LogP contribution is -2.37. The normalized spacial score (nSPS) is 13.2. The fourth-order valence-electron chi connectivity index (χ4n) is 3.68. The van der Waals surface area contributed by atoms with Gasteiger partial charge in [-0.05, 0) is 69.4 Å². The lowest BCUT2D eigenvalue weighted by molar-refractivity contribution is -0.152. The highest BCUT2D eigenvalue weighted by molar-refractivity contribution is 5.77. The number of rotatable bonds is 12. The molecule has 38 heavy (non-hydrogen) atoms. The fourth-order valence-corrected chi connectivity index (χ4v) is 3.68. The molecule has 1 aliphatic rings. The summed E-state index contributed by atoms with van der Waals surface area (Å²) in [4.78, 5) is 27.5. The van der Waals surface area contributed by atoms with Crippen LogP contribution in [0.2, 0.25) is 0 Å². The van der Waals surface area contributed by atoms with E-state index in [9.17, 15) is 14.7 Å². The summed E-state index contributed by atoms with van der Waals surface area (Å²) in [5.74, 6) is -0.427. The number of nitrogens with two attached hydrogens (primary N) is 3. The van der Waals surface area contributed by atoms with Crippen molar-refractivity contribution in [1.29, 1.82) is 0 Å². The molecule has 0 saturated carbocycles. The number of aryl methyl sites for hydroxylation is 1. The molecule has 0 saturated heterocycles. The SMILES string of the molecule is CC(C)(Oc1cccc(CCCN2CCOc3ccccc32)c1)C(=O)O.NC(N)=NCCCC(N)C(=O)O. The van der Waals surface area contributed by atoms with Crippen molar-refractivity contribution in [2.75, 3.05) is 31.1 Å². The van der Waals surface area contributed by atoms with Gasteiger partial charge in [-0.25, -0.2) is 4.79 Å². The summed E-state index contributed by atoms with van der Waals surface area (Å²) in [6.07, 6.45) is 2.86. The molecule has 0 aliphatic carbocycles. The van der Waals surface area contributed by atoms with Gasteiger partial charge in [0.25, 0.3) is 0 Å². The van der Waals surface area contributed by atoms with E-state index >= 15 is 0 Å². The molecule has 1 unspecified atom stereocenters. The topological polar surface area (TPSA) is 187 Å². The molecule has 0 bridgehead atoms. The predicted octanol–water partition coefficient (Wildman–Crippen LogP) is 2.21. The first-order valence-electron chi connectivity index (χ1n) is 12.5. The number of aliphatic carboxylic acids is 2. The number of aliphatic imine (C=N–C) groups is 1. The Bertz CT molecular complexity index is 1090. The van der Waals surface area contributed by atoms with Gasteiger partial charge in [0.2, 0.25) is 0 Å². The zero-order valence-corrected chi connectivity index (χ0v) is 22.0. The molecule has 1 aliphatic heterocycles. The highest BCUT2D eigenvalue weighted by Gasteiger charge is 2.29. The molecular weight excluding hydrogens is 490 g/mol. The Morgan fingerprint density at radius 2 is 1.87 bits per heavy atom. The van der Waals surface area contributed by atoms with Crippen molar-refractivity contribution < 1.29 is 29.3 Å². The Kier molecular flexibility index (Phi) is 11.7. The first kappa shape index (κ1) is 30.2. The summed E-state index contributed by atoms with van der Waals surface area (Å²) < 4.78 is 11.3. The summed E-state index contributed by atoms with van der Waals surface area (Å²) in [5, 5.41) is 17.6. The average molecular weight is 530 g/mol. The molecule has 1 atom stereocenters. The fraction of sp³-hybridized carbons (Fsp3) is 0.444. The maximum atomic E-state index is 11.2. The van der Waals surface area contributed by atoms with Gasteiger partial charge in [-0.15, -0.1) is 0 Å². The van der Waals surface area contributed by atoms with Gasteiger partial charge in [0.1, 0.15) is 24.1 Å². The van der Waals surface area contributed by atoms with Crippen molar-refractivity contribution >= 4 is 23.6 Å². The Balaban J connectivity index is 0.000000358. The minimum atomic E-state index is -1.24. The molecule has 11 nitrogen and oxygen atoms in total. The molecule has 8 N–H and O–H groups in total. The standard InChI is InChI=1S/C21H25NO4.C6H14N4O2/c1-21(2,20(23)24)26-17-9-5-7-16(15-17)8-6-12-22-13-14-25-19-11-4-3-10-18(19)22;7-4(5(11)12)2-1-3-10-6(8)9/h3-5,7,9-11,15H,6,8,12-14H2,1-2H3,(H,23,24);4H,1-3,7H2,(H,11,12)(H4,8,9,10). The summed E-state index contributed by atoms with van der Waals surface area (Å²) >= 11 is 0. The molecule has 208 valence electrons. The summed E-state index contributed by atoms with van der Waals surface area (Å²) in [6.45, 7) is 6.09. The van der Waals surface area contributed by atoms with E-state index in [1.54, 1.807) is 19.9 Å². The predicted molar refractivity (Wildman–Crippen MR) is 147 cm³/mol. The highest BCUT2D eigenvalue weighted by Crippen LogP contribution is 2.31. The van der Waals surface area contributed by atoms with Crippen molar-refractivity contribution in [1.82, 2.24) is 0 Å². The van der Waals surface area contributed by atoms with Gasteiger partial charge in [-0.1, -0.05) is 24.3 Å². The van der Waals surface area contributed by atoms with Crippen LogP contribution in [0.15, 0.2) is 53.5 Å². The van der Waals surface area contributed by atoms with Crippen LogP contribution in [0.25, 0.3) is 0 Å². The van der Waals surface area contributed by atoms with Crippen LogP contribution >= 0.6 is 0 Å². The zero-order valence-electron chi connectivity index (χ0n) is 22.0. The third-order valence-electron chi connectivity index (χ3n) is 5.79. The lowest BCUT2D eigenvalue weighted by atomic mass is 10.1.